The highest BCUT2D eigenvalue weighted by atomic mass is 35.5. The van der Waals surface area contributed by atoms with Crippen LogP contribution in [0.25, 0.3) is 0 Å². The molecule has 2 aromatic rings. The van der Waals surface area contributed by atoms with E-state index in [0.29, 0.717) is 29.4 Å². The predicted octanol–water partition coefficient (Wildman–Crippen LogP) is 4.43. The van der Waals surface area contributed by atoms with Crippen molar-refractivity contribution in [2.45, 2.75) is 44.2 Å². The first-order chi connectivity index (χ1) is 15.0. The van der Waals surface area contributed by atoms with Gasteiger partial charge in [-0.15, -0.1) is 0 Å². The summed E-state index contributed by atoms with van der Waals surface area (Å²) in [4.78, 5) is 16.0. The smallest absolute Gasteiger partial charge is 0.243 e. The number of nitrogens with zero attached hydrogens (tertiary/aromatic N) is 3. The molecule has 0 aliphatic carbocycles. The van der Waals surface area contributed by atoms with Gasteiger partial charge in [0.25, 0.3) is 0 Å². The van der Waals surface area contributed by atoms with Crippen LogP contribution in [0.1, 0.15) is 31.4 Å². The Balaban J connectivity index is 1.93. The third kappa shape index (κ3) is 5.46. The number of halogens is 2. The minimum absolute atomic E-state index is 0.00728. The fraction of sp³-hybridized carbons (Fsp3) is 0.435. The summed E-state index contributed by atoms with van der Waals surface area (Å²) in [5, 5.41) is 0.825. The lowest BCUT2D eigenvalue weighted by Crippen LogP contribution is -2.33. The van der Waals surface area contributed by atoms with E-state index in [9.17, 15) is 13.2 Å². The van der Waals surface area contributed by atoms with E-state index in [1.807, 2.05) is 25.9 Å². The summed E-state index contributed by atoms with van der Waals surface area (Å²) in [6.45, 7) is 4.82. The Kier molecular flexibility index (Phi) is 7.89. The molecule has 0 spiro atoms. The first-order valence-corrected chi connectivity index (χ1v) is 12.7. The van der Waals surface area contributed by atoms with E-state index >= 15 is 0 Å². The van der Waals surface area contributed by atoms with Gasteiger partial charge in [0.15, 0.2) is 0 Å². The van der Waals surface area contributed by atoms with Gasteiger partial charge < -0.3 is 9.80 Å². The predicted molar refractivity (Wildman–Crippen MR) is 130 cm³/mol. The second kappa shape index (κ2) is 10.1. The SMILES string of the molecule is CC(=O)N1c2ccc(S(=O)(=O)N(CCCN(C)C)Cc3ccc(Cl)c(Cl)c3)cc2CC1C. The van der Waals surface area contributed by atoms with Crippen molar-refractivity contribution >= 4 is 44.8 Å². The quantitative estimate of drug-likeness (QED) is 0.540. The average Bonchev–Trinajstić information content (AvgIpc) is 3.04. The number of hydrogen-bond acceptors (Lipinski definition) is 4. The van der Waals surface area contributed by atoms with Gasteiger partial charge in [-0.25, -0.2) is 8.42 Å². The molecule has 0 saturated heterocycles. The van der Waals surface area contributed by atoms with Crippen LogP contribution < -0.4 is 4.90 Å². The second-order valence-electron chi connectivity index (χ2n) is 8.48. The summed E-state index contributed by atoms with van der Waals surface area (Å²) >= 11 is 12.2. The first kappa shape index (κ1) is 25.0. The summed E-state index contributed by atoms with van der Waals surface area (Å²) in [6, 6.07) is 10.2. The van der Waals surface area contributed by atoms with Gasteiger partial charge in [-0.2, -0.15) is 4.31 Å². The second-order valence-corrected chi connectivity index (χ2v) is 11.2. The van der Waals surface area contributed by atoms with Crippen LogP contribution >= 0.6 is 23.2 Å². The molecular formula is C23H29Cl2N3O3S. The Morgan fingerprint density at radius 1 is 1.09 bits per heavy atom. The molecule has 3 rings (SSSR count). The average molecular weight is 498 g/mol. The van der Waals surface area contributed by atoms with Crippen LogP contribution in [0.3, 0.4) is 0 Å². The number of amides is 1. The van der Waals surface area contributed by atoms with Crippen molar-refractivity contribution in [2.24, 2.45) is 0 Å². The van der Waals surface area contributed by atoms with Crippen molar-refractivity contribution in [1.82, 2.24) is 9.21 Å². The maximum Gasteiger partial charge on any atom is 0.243 e. The number of carbonyl (C=O) groups excluding carboxylic acids is 1. The molecule has 1 amide bonds. The minimum Gasteiger partial charge on any atom is -0.309 e. The molecule has 0 bridgehead atoms. The van der Waals surface area contributed by atoms with Gasteiger partial charge in [0.2, 0.25) is 15.9 Å². The van der Waals surface area contributed by atoms with Gasteiger partial charge in [-0.1, -0.05) is 29.3 Å². The Labute approximate surface area is 200 Å². The molecule has 6 nitrogen and oxygen atoms in total. The largest absolute Gasteiger partial charge is 0.309 e. The summed E-state index contributed by atoms with van der Waals surface area (Å²) < 4.78 is 28.8. The van der Waals surface area contributed by atoms with Crippen molar-refractivity contribution in [1.29, 1.82) is 0 Å². The molecule has 1 heterocycles. The molecule has 0 fully saturated rings. The summed E-state index contributed by atoms with van der Waals surface area (Å²) in [5.74, 6) is -0.0446. The number of rotatable bonds is 8. The highest BCUT2D eigenvalue weighted by Gasteiger charge is 2.32. The van der Waals surface area contributed by atoms with Crippen molar-refractivity contribution in [3.8, 4) is 0 Å². The van der Waals surface area contributed by atoms with E-state index in [2.05, 4.69) is 0 Å². The van der Waals surface area contributed by atoms with Crippen molar-refractivity contribution in [3.05, 3.63) is 57.6 Å². The van der Waals surface area contributed by atoms with Crippen LogP contribution in [0, 0.1) is 0 Å². The van der Waals surface area contributed by atoms with E-state index in [1.54, 1.807) is 41.3 Å². The van der Waals surface area contributed by atoms with Gasteiger partial charge in [0.1, 0.15) is 0 Å². The van der Waals surface area contributed by atoms with Gasteiger partial charge in [-0.3, -0.25) is 4.79 Å². The Morgan fingerprint density at radius 2 is 1.81 bits per heavy atom. The lowest BCUT2D eigenvalue weighted by molar-refractivity contribution is -0.116. The topological polar surface area (TPSA) is 60.9 Å². The number of fused-ring (bicyclic) bond motifs is 1. The van der Waals surface area contributed by atoms with E-state index in [4.69, 9.17) is 23.2 Å². The number of benzene rings is 2. The molecule has 0 N–H and O–H groups in total. The van der Waals surface area contributed by atoms with E-state index in [0.717, 1.165) is 23.4 Å². The third-order valence-corrected chi connectivity index (χ3v) is 8.18. The Morgan fingerprint density at radius 3 is 2.44 bits per heavy atom. The van der Waals surface area contributed by atoms with Crippen LogP contribution in [-0.4, -0.2) is 56.8 Å². The normalized spacial score (nSPS) is 16.1. The maximum absolute atomic E-state index is 13.6. The lowest BCUT2D eigenvalue weighted by Gasteiger charge is -2.24. The molecule has 2 aromatic carbocycles. The van der Waals surface area contributed by atoms with Gasteiger partial charge in [0, 0.05) is 31.7 Å². The van der Waals surface area contributed by atoms with E-state index in [1.165, 1.54) is 11.2 Å². The van der Waals surface area contributed by atoms with Crippen molar-refractivity contribution in [3.63, 3.8) is 0 Å². The van der Waals surface area contributed by atoms with Gasteiger partial charge >= 0.3 is 0 Å². The van der Waals surface area contributed by atoms with Gasteiger partial charge in [0.05, 0.1) is 14.9 Å². The molecule has 0 radical (unpaired) electrons. The lowest BCUT2D eigenvalue weighted by atomic mass is 10.1. The monoisotopic (exact) mass is 497 g/mol. The number of hydrogen-bond donors (Lipinski definition) is 0. The van der Waals surface area contributed by atoms with Crippen LogP contribution in [0.2, 0.25) is 10.0 Å². The molecule has 1 atom stereocenters. The number of carbonyl (C=O) groups is 1. The molecule has 1 unspecified atom stereocenters. The standard InChI is InChI=1S/C23H29Cl2N3O3S/c1-16-12-19-14-20(7-9-23(19)28(16)17(2)29)32(30,31)27(11-5-10-26(3)4)15-18-6-8-21(24)22(25)13-18/h6-9,13-14,16H,5,10-12,15H2,1-4H3. The molecule has 1 aliphatic rings. The van der Waals surface area contributed by atoms with Crippen LogP contribution in [-0.2, 0) is 27.8 Å². The first-order valence-electron chi connectivity index (χ1n) is 10.5. The zero-order valence-corrected chi connectivity index (χ0v) is 21.1. The fourth-order valence-corrected chi connectivity index (χ4v) is 5.92. The summed E-state index contributed by atoms with van der Waals surface area (Å²) in [7, 11) is 0.155. The number of sulfonamides is 1. The summed E-state index contributed by atoms with van der Waals surface area (Å²) in [5.41, 5.74) is 2.43. The Hall–Kier alpha value is -1.64. The molecule has 0 saturated carbocycles. The molecular weight excluding hydrogens is 469 g/mol. The van der Waals surface area contributed by atoms with Crippen LogP contribution in [0.4, 0.5) is 5.69 Å². The molecule has 32 heavy (non-hydrogen) atoms. The minimum atomic E-state index is -3.76. The van der Waals surface area contributed by atoms with E-state index < -0.39 is 10.0 Å². The van der Waals surface area contributed by atoms with Crippen molar-refractivity contribution < 1.29 is 13.2 Å². The van der Waals surface area contributed by atoms with Crippen LogP contribution in [0.15, 0.2) is 41.3 Å². The van der Waals surface area contributed by atoms with E-state index in [-0.39, 0.29) is 23.4 Å². The maximum atomic E-state index is 13.6. The zero-order chi connectivity index (χ0) is 23.6. The zero-order valence-electron chi connectivity index (χ0n) is 18.8. The highest BCUT2D eigenvalue weighted by Crippen LogP contribution is 2.35. The molecule has 9 heteroatoms. The molecule has 0 aromatic heterocycles. The van der Waals surface area contributed by atoms with Crippen LogP contribution in [0.5, 0.6) is 0 Å². The Bertz CT molecular complexity index is 1110. The van der Waals surface area contributed by atoms with Gasteiger partial charge in [-0.05, 0) is 81.9 Å². The third-order valence-electron chi connectivity index (χ3n) is 5.60. The molecule has 174 valence electrons. The van der Waals surface area contributed by atoms with Crippen molar-refractivity contribution in [2.75, 3.05) is 32.1 Å². The molecule has 1 aliphatic heterocycles. The summed E-state index contributed by atoms with van der Waals surface area (Å²) in [6.07, 6.45) is 1.32. The fourth-order valence-electron chi connectivity index (χ4n) is 4.09. The highest BCUT2D eigenvalue weighted by molar-refractivity contribution is 7.89. The number of anilines is 1.